The van der Waals surface area contributed by atoms with Crippen LogP contribution in [-0.2, 0) is 0 Å². The first-order chi connectivity index (χ1) is 10.4. The Labute approximate surface area is 130 Å². The Kier molecular flexibility index (Phi) is 1.41. The Morgan fingerprint density at radius 1 is 0.333 bits per heavy atom. The van der Waals surface area contributed by atoms with Crippen molar-refractivity contribution in [3.05, 3.63) is 36.4 Å². The zero-order valence-electron chi connectivity index (χ0n) is 10.7. The zero-order chi connectivity index (χ0) is 13.3. The van der Waals surface area contributed by atoms with Crippen molar-refractivity contribution in [2.24, 2.45) is 0 Å². The van der Waals surface area contributed by atoms with Gasteiger partial charge in [0.1, 0.15) is 0 Å². The van der Waals surface area contributed by atoms with Crippen molar-refractivity contribution in [1.82, 2.24) is 0 Å². The van der Waals surface area contributed by atoms with Gasteiger partial charge in [-0.05, 0) is 36.4 Å². The van der Waals surface area contributed by atoms with Crippen LogP contribution in [0.25, 0.3) is 60.5 Å². The second-order valence-electron chi connectivity index (χ2n) is 5.74. The average Bonchev–Trinajstić information content (AvgIpc) is 3.14. The quantitative estimate of drug-likeness (QED) is 0.261. The van der Waals surface area contributed by atoms with Crippen molar-refractivity contribution >= 4 is 94.5 Å². The maximum absolute atomic E-state index is 2.32. The molecule has 0 nitrogen and oxygen atoms in total. The summed E-state index contributed by atoms with van der Waals surface area (Å²) in [5.74, 6) is 0. The van der Waals surface area contributed by atoms with E-state index in [9.17, 15) is 0 Å². The van der Waals surface area contributed by atoms with Gasteiger partial charge in [-0.15, -0.1) is 34.0 Å². The van der Waals surface area contributed by atoms with Gasteiger partial charge < -0.3 is 0 Å². The minimum atomic E-state index is 1.44. The molecule has 0 saturated heterocycles. The molecule has 0 bridgehead atoms. The molecular formula is C18H6S3. The lowest BCUT2D eigenvalue weighted by Gasteiger charge is -2.06. The summed E-state index contributed by atoms with van der Waals surface area (Å²) < 4.78 is 8.66. The average molecular weight is 318 g/mol. The molecule has 3 heteroatoms. The minimum Gasteiger partial charge on any atom is -0.135 e. The van der Waals surface area contributed by atoms with E-state index in [2.05, 4.69) is 36.4 Å². The molecule has 0 N–H and O–H groups in total. The van der Waals surface area contributed by atoms with E-state index in [1.165, 1.54) is 60.5 Å². The second-order valence-corrected chi connectivity index (χ2v) is 8.99. The number of benzene rings is 4. The van der Waals surface area contributed by atoms with Crippen LogP contribution in [0.5, 0.6) is 0 Å². The predicted octanol–water partition coefficient (Wildman–Crippen LogP) is 7.10. The molecule has 0 aliphatic carbocycles. The fourth-order valence-corrected chi connectivity index (χ4v) is 7.41. The second kappa shape index (κ2) is 2.93. The molecule has 3 heterocycles. The SMILES string of the molecule is c1cc2sc3ccc4sc5ccc6sc1c1c2c3c4c5c61. The molecule has 0 spiro atoms. The van der Waals surface area contributed by atoms with E-state index in [0.29, 0.717) is 0 Å². The number of hydrogen-bond donors (Lipinski definition) is 0. The minimum absolute atomic E-state index is 1.44. The van der Waals surface area contributed by atoms with E-state index in [4.69, 9.17) is 0 Å². The fraction of sp³-hybridized carbons (Fsp3) is 0. The van der Waals surface area contributed by atoms with Crippen molar-refractivity contribution in [2.45, 2.75) is 0 Å². The summed E-state index contributed by atoms with van der Waals surface area (Å²) in [6, 6.07) is 13.9. The largest absolute Gasteiger partial charge is 0.135 e. The van der Waals surface area contributed by atoms with Crippen molar-refractivity contribution in [3.63, 3.8) is 0 Å². The Hall–Kier alpha value is -1.68. The lowest BCUT2D eigenvalue weighted by molar-refractivity contribution is 2.03. The lowest BCUT2D eigenvalue weighted by atomic mass is 9.95. The third kappa shape index (κ3) is 0.908. The van der Waals surface area contributed by atoms with Crippen LogP contribution in [0.4, 0.5) is 0 Å². The monoisotopic (exact) mass is 318 g/mol. The Morgan fingerprint density at radius 2 is 0.524 bits per heavy atom. The summed E-state index contributed by atoms with van der Waals surface area (Å²) in [4.78, 5) is 0. The van der Waals surface area contributed by atoms with Crippen molar-refractivity contribution in [3.8, 4) is 0 Å². The van der Waals surface area contributed by atoms with Gasteiger partial charge in [0.15, 0.2) is 0 Å². The van der Waals surface area contributed by atoms with Crippen molar-refractivity contribution in [2.75, 3.05) is 0 Å². The zero-order valence-corrected chi connectivity index (χ0v) is 13.1. The van der Waals surface area contributed by atoms with Crippen LogP contribution in [0.3, 0.4) is 0 Å². The van der Waals surface area contributed by atoms with Crippen LogP contribution in [0.15, 0.2) is 36.4 Å². The predicted molar refractivity (Wildman–Crippen MR) is 98.7 cm³/mol. The lowest BCUT2D eigenvalue weighted by Crippen LogP contribution is -1.78. The summed E-state index contributed by atoms with van der Waals surface area (Å²) in [6.45, 7) is 0. The van der Waals surface area contributed by atoms with Gasteiger partial charge in [0, 0.05) is 60.5 Å². The molecule has 7 rings (SSSR count). The van der Waals surface area contributed by atoms with Crippen LogP contribution in [0.2, 0.25) is 0 Å². The fourth-order valence-electron chi connectivity index (χ4n) is 4.05. The highest BCUT2D eigenvalue weighted by Gasteiger charge is 2.23. The molecule has 21 heavy (non-hydrogen) atoms. The first-order valence-corrected chi connectivity index (χ1v) is 9.41. The van der Waals surface area contributed by atoms with Crippen LogP contribution in [0.1, 0.15) is 0 Å². The van der Waals surface area contributed by atoms with E-state index in [1.54, 1.807) is 0 Å². The van der Waals surface area contributed by atoms with Gasteiger partial charge in [0.25, 0.3) is 0 Å². The van der Waals surface area contributed by atoms with Gasteiger partial charge >= 0.3 is 0 Å². The standard InChI is InChI=1S/C18H6S3/c1-2-8-14-13-7(1)19-9-3-4-11-17(15(9)13)18-12(21-11)6-5-10(20-8)16(14)18/h1-6H. The molecule has 0 atom stereocenters. The Morgan fingerprint density at radius 3 is 0.714 bits per heavy atom. The molecule has 0 aliphatic heterocycles. The normalized spacial score (nSPS) is 13.7. The number of thiophene rings is 3. The van der Waals surface area contributed by atoms with Crippen LogP contribution in [-0.4, -0.2) is 0 Å². The Balaban J connectivity index is 2.18. The highest BCUT2D eigenvalue weighted by Crippen LogP contribution is 2.55. The van der Waals surface area contributed by atoms with Crippen molar-refractivity contribution in [1.29, 1.82) is 0 Å². The summed E-state index contributed by atoms with van der Waals surface area (Å²) in [7, 11) is 0. The molecule has 0 aliphatic rings. The van der Waals surface area contributed by atoms with Gasteiger partial charge in [0.05, 0.1) is 0 Å². The molecule has 0 saturated carbocycles. The summed E-state index contributed by atoms with van der Waals surface area (Å²) in [5, 5.41) is 9.10. The maximum atomic E-state index is 2.32. The molecule has 0 unspecified atom stereocenters. The van der Waals surface area contributed by atoms with Crippen molar-refractivity contribution < 1.29 is 0 Å². The van der Waals surface area contributed by atoms with E-state index in [0.717, 1.165) is 0 Å². The Bertz CT molecular complexity index is 1120. The molecule has 0 fully saturated rings. The van der Waals surface area contributed by atoms with Gasteiger partial charge in [-0.2, -0.15) is 0 Å². The molecule has 7 aromatic rings. The van der Waals surface area contributed by atoms with E-state index in [1.807, 2.05) is 34.0 Å². The topological polar surface area (TPSA) is 0 Å². The molecule has 4 aromatic carbocycles. The molecule has 96 valence electrons. The first kappa shape index (κ1) is 10.1. The van der Waals surface area contributed by atoms with Gasteiger partial charge in [-0.3, -0.25) is 0 Å². The highest BCUT2D eigenvalue weighted by atomic mass is 32.1. The van der Waals surface area contributed by atoms with E-state index >= 15 is 0 Å². The first-order valence-electron chi connectivity index (χ1n) is 6.96. The summed E-state index contributed by atoms with van der Waals surface area (Å²) in [5.41, 5.74) is 0. The van der Waals surface area contributed by atoms with E-state index < -0.39 is 0 Å². The van der Waals surface area contributed by atoms with Crippen LogP contribution in [0, 0.1) is 0 Å². The maximum Gasteiger partial charge on any atom is 0.0362 e. The smallest absolute Gasteiger partial charge is 0.0362 e. The van der Waals surface area contributed by atoms with Crippen LogP contribution < -0.4 is 0 Å². The summed E-state index contributed by atoms with van der Waals surface area (Å²) in [6.07, 6.45) is 0. The molecule has 0 amide bonds. The van der Waals surface area contributed by atoms with E-state index in [-0.39, 0.29) is 0 Å². The van der Waals surface area contributed by atoms with Gasteiger partial charge in [-0.25, -0.2) is 0 Å². The third-order valence-electron chi connectivity index (χ3n) is 4.80. The van der Waals surface area contributed by atoms with Gasteiger partial charge in [0.2, 0.25) is 0 Å². The molecule has 3 aromatic heterocycles. The number of hydrogen-bond acceptors (Lipinski definition) is 3. The number of rotatable bonds is 0. The molecule has 0 radical (unpaired) electrons. The summed E-state index contributed by atoms with van der Waals surface area (Å²) >= 11 is 5.84. The third-order valence-corrected chi connectivity index (χ3v) is 8.16. The van der Waals surface area contributed by atoms with Crippen LogP contribution >= 0.6 is 34.0 Å². The highest BCUT2D eigenvalue weighted by molar-refractivity contribution is 7.30. The van der Waals surface area contributed by atoms with Gasteiger partial charge in [-0.1, -0.05) is 0 Å². The molecular weight excluding hydrogens is 312 g/mol.